The average molecular weight is 269 g/mol. The molecule has 0 atom stereocenters. The summed E-state index contributed by atoms with van der Waals surface area (Å²) in [6.45, 7) is 9.22. The van der Waals surface area contributed by atoms with E-state index in [4.69, 9.17) is 0 Å². The van der Waals surface area contributed by atoms with E-state index in [1.165, 1.54) is 0 Å². The summed E-state index contributed by atoms with van der Waals surface area (Å²) in [6, 6.07) is 0. The second kappa shape index (κ2) is 8.57. The van der Waals surface area contributed by atoms with Gasteiger partial charge in [-0.25, -0.2) is 8.42 Å². The maximum atomic E-state index is 10.7. The van der Waals surface area contributed by atoms with E-state index in [1.54, 1.807) is 6.92 Å². The van der Waals surface area contributed by atoms with Crippen LogP contribution in [0.25, 0.3) is 0 Å². The molecule has 0 amide bonds. The van der Waals surface area contributed by atoms with Crippen molar-refractivity contribution in [3.8, 4) is 0 Å². The summed E-state index contributed by atoms with van der Waals surface area (Å²) in [4.78, 5) is 10.7. The smallest absolute Gasteiger partial charge is 0.217 e. The Kier molecular flexibility index (Phi) is 9.51. The molecule has 0 heterocycles. The zero-order valence-electron chi connectivity index (χ0n) is 11.2. The maximum absolute atomic E-state index is 10.7. The van der Waals surface area contributed by atoms with E-state index in [-0.39, 0.29) is 0 Å². The van der Waals surface area contributed by atoms with E-state index in [1.807, 2.05) is 0 Å². The fourth-order valence-corrected chi connectivity index (χ4v) is 0.967. The Balaban J connectivity index is 0. The van der Waals surface area contributed by atoms with Crippen LogP contribution in [0.2, 0.25) is 0 Å². The second-order valence-electron chi connectivity index (χ2n) is 4.00. The lowest BCUT2D eigenvalue weighted by Crippen LogP contribution is -2.44. The molecule has 0 saturated carbocycles. The SMILES string of the molecule is CC[N+](C)(CC)CCC(C)=O.COS(=O)(=O)[O-]. The summed E-state index contributed by atoms with van der Waals surface area (Å²) in [5.41, 5.74) is 0. The van der Waals surface area contributed by atoms with Crippen molar-refractivity contribution in [2.75, 3.05) is 33.8 Å². The molecule has 0 bridgehead atoms. The summed E-state index contributed by atoms with van der Waals surface area (Å²) in [5.74, 6) is 0.302. The Morgan fingerprint density at radius 1 is 1.29 bits per heavy atom. The van der Waals surface area contributed by atoms with Crippen LogP contribution in [0.5, 0.6) is 0 Å². The Morgan fingerprint density at radius 3 is 1.82 bits per heavy atom. The van der Waals surface area contributed by atoms with Crippen molar-refractivity contribution in [3.63, 3.8) is 0 Å². The van der Waals surface area contributed by atoms with E-state index >= 15 is 0 Å². The highest BCUT2D eigenvalue weighted by Gasteiger charge is 2.16. The van der Waals surface area contributed by atoms with E-state index in [0.29, 0.717) is 5.78 Å². The van der Waals surface area contributed by atoms with E-state index in [9.17, 15) is 17.8 Å². The lowest BCUT2D eigenvalue weighted by molar-refractivity contribution is -0.905. The minimum Gasteiger partial charge on any atom is -0.726 e. The first-order valence-corrected chi connectivity index (χ1v) is 6.78. The molecule has 0 fully saturated rings. The fourth-order valence-electron chi connectivity index (χ4n) is 0.967. The summed E-state index contributed by atoms with van der Waals surface area (Å²) in [6.07, 6.45) is 0.720. The number of ketones is 1. The van der Waals surface area contributed by atoms with Gasteiger partial charge in [-0.2, -0.15) is 0 Å². The molecule has 0 aromatic carbocycles. The van der Waals surface area contributed by atoms with Crippen molar-refractivity contribution in [1.82, 2.24) is 0 Å². The Morgan fingerprint density at radius 2 is 1.65 bits per heavy atom. The minimum atomic E-state index is -4.41. The van der Waals surface area contributed by atoms with Crippen molar-refractivity contribution >= 4 is 16.2 Å². The normalized spacial score (nSPS) is 11.6. The van der Waals surface area contributed by atoms with Gasteiger partial charge in [-0.1, -0.05) is 0 Å². The van der Waals surface area contributed by atoms with Gasteiger partial charge in [-0.15, -0.1) is 0 Å². The molecule has 0 spiro atoms. The maximum Gasteiger partial charge on any atom is 0.217 e. The summed E-state index contributed by atoms with van der Waals surface area (Å²) < 4.78 is 32.0. The number of carbonyl (C=O) groups is 1. The molecule has 104 valence electrons. The molecule has 0 N–H and O–H groups in total. The first kappa shape index (κ1) is 18.9. The van der Waals surface area contributed by atoms with Crippen molar-refractivity contribution in [1.29, 1.82) is 0 Å². The zero-order valence-corrected chi connectivity index (χ0v) is 12.0. The van der Waals surface area contributed by atoms with Crippen LogP contribution >= 0.6 is 0 Å². The standard InChI is InChI=1S/C9H20NO.CH4O4S/c1-5-10(4,6-2)8-7-9(3)11;1-5-6(2,3)4/h5-8H2,1-4H3;1H3,(H,2,3,4)/q+1;/p-1. The van der Waals surface area contributed by atoms with Gasteiger partial charge in [-0.3, -0.25) is 8.98 Å². The lowest BCUT2D eigenvalue weighted by atomic mass is 10.2. The summed E-state index contributed by atoms with van der Waals surface area (Å²) in [7, 11) is -1.41. The van der Waals surface area contributed by atoms with E-state index in [0.717, 1.165) is 37.6 Å². The molecule has 0 aliphatic rings. The Bertz CT molecular complexity index is 309. The predicted octanol–water partition coefficient (Wildman–Crippen LogP) is 0.545. The molecule has 0 radical (unpaired) electrons. The van der Waals surface area contributed by atoms with E-state index < -0.39 is 10.4 Å². The Hall–Kier alpha value is -0.500. The summed E-state index contributed by atoms with van der Waals surface area (Å²) in [5, 5.41) is 0. The van der Waals surface area contributed by atoms with Crippen LogP contribution in [-0.4, -0.2) is 57.0 Å². The van der Waals surface area contributed by atoms with Gasteiger partial charge in [0.25, 0.3) is 0 Å². The molecule has 0 aromatic rings. The van der Waals surface area contributed by atoms with Crippen LogP contribution in [0.4, 0.5) is 0 Å². The van der Waals surface area contributed by atoms with Crippen LogP contribution < -0.4 is 0 Å². The first-order chi connectivity index (χ1) is 7.60. The van der Waals surface area contributed by atoms with Crippen molar-refractivity contribution in [2.24, 2.45) is 0 Å². The molecule has 17 heavy (non-hydrogen) atoms. The first-order valence-electron chi connectivity index (χ1n) is 5.44. The molecule has 0 aliphatic carbocycles. The van der Waals surface area contributed by atoms with Crippen LogP contribution in [0, 0.1) is 0 Å². The third-order valence-corrected chi connectivity index (χ3v) is 3.14. The number of hydrogen-bond acceptors (Lipinski definition) is 5. The van der Waals surface area contributed by atoms with Crippen molar-refractivity contribution in [2.45, 2.75) is 27.2 Å². The third-order valence-electron chi connectivity index (χ3n) is 2.73. The predicted molar refractivity (Wildman–Crippen MR) is 64.1 cm³/mol. The molecule has 6 nitrogen and oxygen atoms in total. The highest BCUT2D eigenvalue weighted by atomic mass is 32.3. The van der Waals surface area contributed by atoms with E-state index in [2.05, 4.69) is 25.1 Å². The Labute approximate surface area is 104 Å². The molecule has 7 heteroatoms. The van der Waals surface area contributed by atoms with Gasteiger partial charge in [-0.05, 0) is 20.8 Å². The number of hydrogen-bond donors (Lipinski definition) is 0. The highest BCUT2D eigenvalue weighted by molar-refractivity contribution is 7.80. The van der Waals surface area contributed by atoms with Crippen LogP contribution in [0.1, 0.15) is 27.2 Å². The average Bonchev–Trinajstić information content (AvgIpc) is 2.26. The second-order valence-corrected chi connectivity index (χ2v) is 5.15. The van der Waals surface area contributed by atoms with Gasteiger partial charge in [0, 0.05) is 0 Å². The highest BCUT2D eigenvalue weighted by Crippen LogP contribution is 2.02. The fraction of sp³-hybridized carbons (Fsp3) is 0.900. The topological polar surface area (TPSA) is 83.5 Å². The number of nitrogens with zero attached hydrogens (tertiary/aromatic N) is 1. The van der Waals surface area contributed by atoms with Gasteiger partial charge in [0.05, 0.1) is 40.2 Å². The van der Waals surface area contributed by atoms with Crippen LogP contribution in [0.15, 0.2) is 0 Å². The number of carbonyl (C=O) groups excluding carboxylic acids is 1. The number of quaternary nitrogens is 1. The van der Waals surface area contributed by atoms with Gasteiger partial charge >= 0.3 is 0 Å². The number of Topliss-reactive ketones (excluding diaryl/α,β-unsaturated/α-hetero) is 1. The molecule has 0 unspecified atom stereocenters. The molecular formula is C10H23NO5S. The minimum absolute atomic E-state index is 0.302. The van der Waals surface area contributed by atoms with Gasteiger partial charge in [0.1, 0.15) is 5.78 Å². The largest absolute Gasteiger partial charge is 0.726 e. The molecule has 0 saturated heterocycles. The molecular weight excluding hydrogens is 246 g/mol. The molecule has 0 aliphatic heterocycles. The summed E-state index contributed by atoms with van der Waals surface area (Å²) >= 11 is 0. The van der Waals surface area contributed by atoms with Crippen molar-refractivity contribution < 1.29 is 26.4 Å². The number of rotatable bonds is 6. The van der Waals surface area contributed by atoms with Gasteiger partial charge in [0.2, 0.25) is 10.4 Å². The lowest BCUT2D eigenvalue weighted by Gasteiger charge is -2.31. The third kappa shape index (κ3) is 13.4. The van der Waals surface area contributed by atoms with Gasteiger partial charge < -0.3 is 9.04 Å². The molecule has 0 rings (SSSR count). The van der Waals surface area contributed by atoms with Crippen LogP contribution in [-0.2, 0) is 19.4 Å². The zero-order chi connectivity index (χ0) is 14.1. The van der Waals surface area contributed by atoms with Gasteiger partial charge in [0.15, 0.2) is 0 Å². The quantitative estimate of drug-likeness (QED) is 0.399. The monoisotopic (exact) mass is 269 g/mol. The van der Waals surface area contributed by atoms with Crippen molar-refractivity contribution in [3.05, 3.63) is 0 Å². The molecule has 0 aromatic heterocycles. The van der Waals surface area contributed by atoms with Crippen LogP contribution in [0.3, 0.4) is 0 Å².